The van der Waals surface area contributed by atoms with Gasteiger partial charge in [0.15, 0.2) is 0 Å². The lowest BCUT2D eigenvalue weighted by molar-refractivity contribution is -0.165. The molecular formula is C39H57N3O7. The van der Waals surface area contributed by atoms with E-state index in [2.05, 4.69) is 20.1 Å². The summed E-state index contributed by atoms with van der Waals surface area (Å²) in [5.41, 5.74) is -0.499. The molecule has 3 amide bonds. The molecule has 3 aliphatic rings. The Kier molecular flexibility index (Phi) is 13.2. The minimum atomic E-state index is -1.22. The number of allylic oxidation sites excluding steroid dienone is 1. The Balaban J connectivity index is 1.72. The Bertz CT molecular complexity index is 1340. The highest BCUT2D eigenvalue weighted by molar-refractivity contribution is 5.98. The molecule has 0 unspecified atom stereocenters. The molecule has 10 nitrogen and oxygen atoms in total. The van der Waals surface area contributed by atoms with Crippen LogP contribution in [-0.4, -0.2) is 100 Å². The number of hydrogen-bond donors (Lipinski definition) is 1. The van der Waals surface area contributed by atoms with Gasteiger partial charge in [-0.25, -0.2) is 0 Å². The van der Waals surface area contributed by atoms with Gasteiger partial charge in [0.05, 0.1) is 36.6 Å². The van der Waals surface area contributed by atoms with E-state index in [-0.39, 0.29) is 36.7 Å². The SMILES string of the molecule is C=CCCC(=O)N(C)[C@H](C)[C@H](OC(=O)[C@@H]1[C@H]2C(=O)N([C@@H](CO)[C@@H](C)CC)[C@H](C(=O)N(CC=C)CCCCC)[C@]23CC[C@H]1O3)c1ccccc1. The maximum Gasteiger partial charge on any atom is 0.313 e. The van der Waals surface area contributed by atoms with Crippen LogP contribution in [0.5, 0.6) is 0 Å². The molecule has 0 aliphatic carbocycles. The van der Waals surface area contributed by atoms with Crippen molar-refractivity contribution < 1.29 is 33.8 Å². The first-order valence-electron chi connectivity index (χ1n) is 18.1. The fraction of sp³-hybridized carbons (Fsp3) is 0.641. The Morgan fingerprint density at radius 2 is 1.86 bits per heavy atom. The van der Waals surface area contributed by atoms with Gasteiger partial charge in [0.25, 0.3) is 0 Å². The number of amides is 3. The van der Waals surface area contributed by atoms with Gasteiger partial charge in [0.2, 0.25) is 17.7 Å². The molecule has 3 aliphatic heterocycles. The number of fused-ring (bicyclic) bond motifs is 1. The first-order valence-corrected chi connectivity index (χ1v) is 18.1. The molecule has 0 radical (unpaired) electrons. The number of benzene rings is 1. The van der Waals surface area contributed by atoms with Gasteiger partial charge in [-0.15, -0.1) is 13.2 Å². The summed E-state index contributed by atoms with van der Waals surface area (Å²) >= 11 is 0. The van der Waals surface area contributed by atoms with Gasteiger partial charge in [-0.05, 0) is 44.1 Å². The van der Waals surface area contributed by atoms with Gasteiger partial charge in [0.1, 0.15) is 17.7 Å². The molecule has 0 aromatic heterocycles. The Morgan fingerprint density at radius 1 is 1.14 bits per heavy atom. The van der Waals surface area contributed by atoms with E-state index in [1.54, 1.807) is 33.9 Å². The first-order chi connectivity index (χ1) is 23.5. The van der Waals surface area contributed by atoms with Gasteiger partial charge in [-0.2, -0.15) is 0 Å². The number of unbranched alkanes of at least 4 members (excludes halogenated alkanes) is 2. The molecule has 270 valence electrons. The molecule has 10 heteroatoms. The second-order valence-electron chi connectivity index (χ2n) is 14.1. The fourth-order valence-corrected chi connectivity index (χ4v) is 8.11. The van der Waals surface area contributed by atoms with E-state index >= 15 is 0 Å². The second kappa shape index (κ2) is 16.9. The standard InChI is InChI=1S/C39H57N3O7/c1-8-12-17-24-41(23-10-3)37(46)35-39-22-21-30(49-39)32(33(39)36(45)42(35)29(25-43)26(5)11-4)38(47)48-34(28-18-15-14-16-19-28)27(6)40(7)31(44)20-13-9-2/h9-10,14-16,18-19,26-27,29-30,32-35,43H,2-3,8,11-13,17,20-25H2,1,4-7H3/t26-,27+,29-,30+,32-,33-,34-,35+,39-/m0/s1. The van der Waals surface area contributed by atoms with Gasteiger partial charge in [-0.1, -0.05) is 82.5 Å². The zero-order valence-corrected chi connectivity index (χ0v) is 30.1. The third-order valence-electron chi connectivity index (χ3n) is 11.2. The van der Waals surface area contributed by atoms with Crippen molar-refractivity contribution >= 4 is 23.7 Å². The van der Waals surface area contributed by atoms with E-state index in [0.29, 0.717) is 38.8 Å². The average molecular weight is 680 g/mol. The number of nitrogens with zero attached hydrogens (tertiary/aromatic N) is 3. The zero-order valence-electron chi connectivity index (χ0n) is 30.1. The van der Waals surface area contributed by atoms with Crippen LogP contribution in [0.25, 0.3) is 0 Å². The monoisotopic (exact) mass is 679 g/mol. The van der Waals surface area contributed by atoms with E-state index in [9.17, 15) is 24.3 Å². The molecule has 1 N–H and O–H groups in total. The molecule has 1 aromatic rings. The Labute approximate surface area is 292 Å². The molecule has 1 spiro atoms. The number of aliphatic hydroxyl groups excluding tert-OH is 1. The summed E-state index contributed by atoms with van der Waals surface area (Å²) in [5, 5.41) is 10.7. The summed E-state index contributed by atoms with van der Waals surface area (Å²) in [5.74, 6) is -3.25. The van der Waals surface area contributed by atoms with Crippen LogP contribution in [0.4, 0.5) is 0 Å². The van der Waals surface area contributed by atoms with Crippen LogP contribution in [-0.2, 0) is 28.7 Å². The van der Waals surface area contributed by atoms with Crippen molar-refractivity contribution in [3.8, 4) is 0 Å². The molecule has 49 heavy (non-hydrogen) atoms. The van der Waals surface area contributed by atoms with Crippen LogP contribution in [0.2, 0.25) is 0 Å². The van der Waals surface area contributed by atoms with E-state index in [4.69, 9.17) is 9.47 Å². The largest absolute Gasteiger partial charge is 0.455 e. The second-order valence-corrected chi connectivity index (χ2v) is 14.1. The zero-order chi connectivity index (χ0) is 35.9. The van der Waals surface area contributed by atoms with Crippen LogP contribution < -0.4 is 0 Å². The molecule has 3 saturated heterocycles. The summed E-state index contributed by atoms with van der Waals surface area (Å²) in [6.07, 6.45) is 7.18. The molecule has 4 rings (SSSR count). The normalized spacial score (nSPS) is 26.4. The minimum Gasteiger partial charge on any atom is -0.455 e. The maximum absolute atomic E-state index is 14.7. The van der Waals surface area contributed by atoms with Crippen molar-refractivity contribution in [2.45, 2.75) is 115 Å². The lowest BCUT2D eigenvalue weighted by Crippen LogP contribution is -2.59. The van der Waals surface area contributed by atoms with Gasteiger partial charge < -0.3 is 29.3 Å². The van der Waals surface area contributed by atoms with Gasteiger partial charge >= 0.3 is 5.97 Å². The van der Waals surface area contributed by atoms with Gasteiger partial charge in [0, 0.05) is 26.6 Å². The van der Waals surface area contributed by atoms with Crippen LogP contribution in [0.3, 0.4) is 0 Å². The number of ether oxygens (including phenoxy) is 2. The van der Waals surface area contributed by atoms with Crippen LogP contribution in [0.1, 0.15) is 90.7 Å². The Morgan fingerprint density at radius 3 is 2.47 bits per heavy atom. The quantitative estimate of drug-likeness (QED) is 0.123. The maximum atomic E-state index is 14.7. The summed E-state index contributed by atoms with van der Waals surface area (Å²) in [6, 6.07) is 7.17. The molecule has 1 aromatic carbocycles. The number of likely N-dealkylation sites (tertiary alicyclic amines) is 1. The predicted molar refractivity (Wildman–Crippen MR) is 188 cm³/mol. The van der Waals surface area contributed by atoms with Crippen molar-refractivity contribution in [2.75, 3.05) is 26.7 Å². The van der Waals surface area contributed by atoms with Crippen LogP contribution in [0.15, 0.2) is 55.6 Å². The summed E-state index contributed by atoms with van der Waals surface area (Å²) in [6.45, 7) is 16.0. The lowest BCUT2D eigenvalue weighted by Gasteiger charge is -2.41. The summed E-state index contributed by atoms with van der Waals surface area (Å²) in [4.78, 5) is 61.7. The smallest absolute Gasteiger partial charge is 0.313 e. The van der Waals surface area contributed by atoms with E-state index in [1.165, 1.54) is 0 Å². The highest BCUT2D eigenvalue weighted by Crippen LogP contribution is 2.59. The molecule has 2 bridgehead atoms. The minimum absolute atomic E-state index is 0.0994. The fourth-order valence-electron chi connectivity index (χ4n) is 8.11. The third-order valence-corrected chi connectivity index (χ3v) is 11.2. The average Bonchev–Trinajstić information content (AvgIpc) is 3.76. The summed E-state index contributed by atoms with van der Waals surface area (Å²) < 4.78 is 13.0. The Hall–Kier alpha value is -3.50. The third kappa shape index (κ3) is 7.50. The van der Waals surface area contributed by atoms with E-state index < -0.39 is 53.7 Å². The molecule has 3 fully saturated rings. The number of esters is 1. The molecule has 3 heterocycles. The van der Waals surface area contributed by atoms with E-state index in [1.807, 2.05) is 51.1 Å². The van der Waals surface area contributed by atoms with Crippen molar-refractivity contribution in [3.05, 3.63) is 61.2 Å². The van der Waals surface area contributed by atoms with Crippen molar-refractivity contribution in [1.82, 2.24) is 14.7 Å². The number of carbonyl (C=O) groups is 4. The van der Waals surface area contributed by atoms with Crippen LogP contribution in [0, 0.1) is 17.8 Å². The molecule has 9 atom stereocenters. The summed E-state index contributed by atoms with van der Waals surface area (Å²) in [7, 11) is 1.70. The lowest BCUT2D eigenvalue weighted by atomic mass is 9.70. The molecular weight excluding hydrogens is 622 g/mol. The topological polar surface area (TPSA) is 117 Å². The van der Waals surface area contributed by atoms with Crippen LogP contribution >= 0.6 is 0 Å². The number of carbonyl (C=O) groups excluding carboxylic acids is 4. The van der Waals surface area contributed by atoms with Crippen molar-refractivity contribution in [1.29, 1.82) is 0 Å². The highest BCUT2D eigenvalue weighted by Gasteiger charge is 2.76. The number of aliphatic hydroxyl groups is 1. The highest BCUT2D eigenvalue weighted by atomic mass is 16.6. The number of hydrogen-bond acceptors (Lipinski definition) is 7. The van der Waals surface area contributed by atoms with E-state index in [0.717, 1.165) is 24.8 Å². The number of likely N-dealkylation sites (N-methyl/N-ethyl adjacent to an activating group) is 1. The predicted octanol–water partition coefficient (Wildman–Crippen LogP) is 5.07. The van der Waals surface area contributed by atoms with Crippen molar-refractivity contribution in [3.63, 3.8) is 0 Å². The molecule has 0 saturated carbocycles. The van der Waals surface area contributed by atoms with Crippen molar-refractivity contribution in [2.24, 2.45) is 17.8 Å². The number of rotatable bonds is 19. The van der Waals surface area contributed by atoms with Gasteiger partial charge in [-0.3, -0.25) is 19.2 Å². The first kappa shape index (κ1) is 38.3.